The Kier molecular flexibility index (Phi) is 4.66. The molecular formula is C24H19BrClNO4. The van der Waals surface area contributed by atoms with E-state index in [1.54, 1.807) is 6.92 Å². The summed E-state index contributed by atoms with van der Waals surface area (Å²) in [5.41, 5.74) is -1.23. The summed E-state index contributed by atoms with van der Waals surface area (Å²) in [4.78, 5) is 16.7. The first-order chi connectivity index (χ1) is 14.8. The van der Waals surface area contributed by atoms with Gasteiger partial charge in [0.05, 0.1) is 22.7 Å². The molecular weight excluding hydrogens is 482 g/mol. The van der Waals surface area contributed by atoms with E-state index in [1.165, 1.54) is 12.4 Å². The van der Waals surface area contributed by atoms with Crippen molar-refractivity contribution >= 4 is 33.5 Å². The molecule has 1 aromatic heterocycles. The highest BCUT2D eigenvalue weighted by molar-refractivity contribution is 9.10. The number of rotatable bonds is 3. The number of nitrogens with zero attached hydrogens (tertiary/aromatic N) is 1. The van der Waals surface area contributed by atoms with Crippen LogP contribution in [0.25, 0.3) is 0 Å². The van der Waals surface area contributed by atoms with E-state index >= 15 is 0 Å². The number of halogens is 2. The van der Waals surface area contributed by atoms with Gasteiger partial charge in [0, 0.05) is 22.5 Å². The summed E-state index contributed by atoms with van der Waals surface area (Å²) in [5.74, 6) is -2.89. The van der Waals surface area contributed by atoms with Crippen LogP contribution in [-0.4, -0.2) is 21.2 Å². The lowest BCUT2D eigenvalue weighted by Gasteiger charge is -2.41. The van der Waals surface area contributed by atoms with E-state index in [0.29, 0.717) is 16.9 Å². The number of ether oxygens (including phenoxy) is 1. The van der Waals surface area contributed by atoms with Crippen molar-refractivity contribution in [3.05, 3.63) is 93.2 Å². The Morgan fingerprint density at radius 2 is 1.81 bits per heavy atom. The van der Waals surface area contributed by atoms with Crippen molar-refractivity contribution in [3.63, 3.8) is 0 Å². The average molecular weight is 501 g/mol. The van der Waals surface area contributed by atoms with Crippen LogP contribution in [0, 0.1) is 11.8 Å². The molecule has 7 heteroatoms. The van der Waals surface area contributed by atoms with Crippen LogP contribution < -0.4 is 4.74 Å². The third-order valence-electron chi connectivity index (χ3n) is 6.79. The van der Waals surface area contributed by atoms with Crippen LogP contribution in [0.4, 0.5) is 0 Å². The first kappa shape index (κ1) is 20.5. The first-order valence-corrected chi connectivity index (χ1v) is 11.1. The minimum Gasteiger partial charge on any atom is -0.481 e. The maximum atomic E-state index is 12.6. The minimum absolute atomic E-state index is 0.253. The predicted molar refractivity (Wildman–Crippen MR) is 119 cm³/mol. The number of carboxylic acid groups (broad SMARTS) is 1. The summed E-state index contributed by atoms with van der Waals surface area (Å²) < 4.78 is 7.43. The second-order valence-corrected chi connectivity index (χ2v) is 9.47. The van der Waals surface area contributed by atoms with Gasteiger partial charge < -0.3 is 14.9 Å². The van der Waals surface area contributed by atoms with Gasteiger partial charge in [-0.3, -0.25) is 9.78 Å². The molecule has 0 unspecified atom stereocenters. The standard InChI is InChI=1S/C24H19BrClNO4/c1-13-19(22(28)29)20(14-5-3-2-4-6-14)24(15-7-9-16(25)10-8-15)23(13,30)21-17(26)11-27-12-18(21)31-24/h2-13,19-20,30H,1H3,(H,28,29)/t13-,19+,20-,23-,24+/m1/s1. The summed E-state index contributed by atoms with van der Waals surface area (Å²) in [6.07, 6.45) is 2.99. The largest absolute Gasteiger partial charge is 0.481 e. The van der Waals surface area contributed by atoms with Crippen LogP contribution in [-0.2, 0) is 16.0 Å². The summed E-state index contributed by atoms with van der Waals surface area (Å²) in [5, 5.41) is 23.0. The molecule has 0 bridgehead atoms. The lowest BCUT2D eigenvalue weighted by Crippen LogP contribution is -2.50. The summed E-state index contributed by atoms with van der Waals surface area (Å²) >= 11 is 9.99. The maximum Gasteiger partial charge on any atom is 0.307 e. The van der Waals surface area contributed by atoms with Crippen LogP contribution in [0.5, 0.6) is 5.75 Å². The quantitative estimate of drug-likeness (QED) is 0.523. The molecule has 0 spiro atoms. The summed E-state index contributed by atoms with van der Waals surface area (Å²) in [6, 6.07) is 16.8. The third-order valence-corrected chi connectivity index (χ3v) is 7.61. The highest BCUT2D eigenvalue weighted by atomic mass is 79.9. The number of hydrogen-bond acceptors (Lipinski definition) is 4. The molecule has 1 fully saturated rings. The molecule has 5 rings (SSSR count). The molecule has 0 radical (unpaired) electrons. The fraction of sp³-hybridized carbons (Fsp3) is 0.250. The van der Waals surface area contributed by atoms with Gasteiger partial charge in [-0.1, -0.05) is 76.9 Å². The zero-order chi connectivity index (χ0) is 22.0. The van der Waals surface area contributed by atoms with E-state index in [2.05, 4.69) is 20.9 Å². The van der Waals surface area contributed by atoms with Crippen molar-refractivity contribution in [2.45, 2.75) is 24.0 Å². The average Bonchev–Trinajstić information content (AvgIpc) is 3.13. The zero-order valence-electron chi connectivity index (χ0n) is 16.5. The summed E-state index contributed by atoms with van der Waals surface area (Å²) in [6.45, 7) is 1.75. The van der Waals surface area contributed by atoms with E-state index in [9.17, 15) is 15.0 Å². The number of aliphatic carboxylic acids is 1. The van der Waals surface area contributed by atoms with Crippen LogP contribution >= 0.6 is 27.5 Å². The molecule has 0 amide bonds. The second-order valence-electron chi connectivity index (χ2n) is 8.15. The molecule has 2 aliphatic rings. The van der Waals surface area contributed by atoms with Crippen molar-refractivity contribution in [1.82, 2.24) is 4.98 Å². The Hall–Kier alpha value is -2.41. The predicted octanol–water partition coefficient (Wildman–Crippen LogP) is 5.11. The van der Waals surface area contributed by atoms with Gasteiger partial charge in [-0.2, -0.15) is 0 Å². The Balaban J connectivity index is 1.89. The molecule has 5 atom stereocenters. The van der Waals surface area contributed by atoms with E-state index in [0.717, 1.165) is 10.0 Å². The van der Waals surface area contributed by atoms with Crippen LogP contribution in [0.1, 0.15) is 29.5 Å². The first-order valence-electron chi connectivity index (χ1n) is 9.91. The molecule has 31 heavy (non-hydrogen) atoms. The zero-order valence-corrected chi connectivity index (χ0v) is 18.8. The molecule has 2 heterocycles. The highest BCUT2D eigenvalue weighted by Crippen LogP contribution is 2.71. The maximum absolute atomic E-state index is 12.6. The number of fused-ring (bicyclic) bond motifs is 3. The van der Waals surface area contributed by atoms with Gasteiger partial charge in [0.15, 0.2) is 5.60 Å². The van der Waals surface area contributed by atoms with Gasteiger partial charge in [0.25, 0.3) is 0 Å². The van der Waals surface area contributed by atoms with Gasteiger partial charge in [-0.25, -0.2) is 0 Å². The minimum atomic E-state index is -1.68. The third kappa shape index (κ3) is 2.59. The number of pyridine rings is 1. The Morgan fingerprint density at radius 1 is 1.13 bits per heavy atom. The SMILES string of the molecule is C[C@@H]1[C@H](C(=O)O)[C@@H](c2ccccc2)[C@]2(c3ccc(Br)cc3)Oc3cncc(Cl)c3[C@]12O. The van der Waals surface area contributed by atoms with Gasteiger partial charge in [-0.15, -0.1) is 0 Å². The highest BCUT2D eigenvalue weighted by Gasteiger charge is 2.76. The fourth-order valence-corrected chi connectivity index (χ4v) is 6.14. The smallest absolute Gasteiger partial charge is 0.307 e. The van der Waals surface area contributed by atoms with E-state index < -0.39 is 34.9 Å². The van der Waals surface area contributed by atoms with Crippen molar-refractivity contribution in [1.29, 1.82) is 0 Å². The van der Waals surface area contributed by atoms with Crippen LogP contribution in [0.2, 0.25) is 5.02 Å². The monoisotopic (exact) mass is 499 g/mol. The number of hydrogen-bond donors (Lipinski definition) is 2. The summed E-state index contributed by atoms with van der Waals surface area (Å²) in [7, 11) is 0. The number of benzene rings is 2. The van der Waals surface area contributed by atoms with E-state index in [4.69, 9.17) is 16.3 Å². The number of carbonyl (C=O) groups is 1. The number of aromatic nitrogens is 1. The molecule has 1 aliphatic carbocycles. The fourth-order valence-electron chi connectivity index (χ4n) is 5.58. The Bertz CT molecular complexity index is 1170. The number of aliphatic hydroxyl groups is 1. The lowest BCUT2D eigenvalue weighted by molar-refractivity contribution is -0.145. The van der Waals surface area contributed by atoms with Gasteiger partial charge in [0.1, 0.15) is 11.4 Å². The molecule has 158 valence electrons. The van der Waals surface area contributed by atoms with Gasteiger partial charge in [-0.05, 0) is 23.3 Å². The molecule has 2 aromatic carbocycles. The molecule has 5 nitrogen and oxygen atoms in total. The normalized spacial score (nSPS) is 31.0. The topological polar surface area (TPSA) is 79.7 Å². The van der Waals surface area contributed by atoms with Crippen LogP contribution in [0.15, 0.2) is 71.5 Å². The lowest BCUT2D eigenvalue weighted by atomic mass is 9.70. The molecule has 0 saturated heterocycles. The molecule has 1 saturated carbocycles. The van der Waals surface area contributed by atoms with Crippen molar-refractivity contribution in [2.75, 3.05) is 0 Å². The van der Waals surface area contributed by atoms with Crippen molar-refractivity contribution < 1.29 is 19.7 Å². The van der Waals surface area contributed by atoms with Crippen LogP contribution in [0.3, 0.4) is 0 Å². The molecule has 1 aliphatic heterocycles. The second kappa shape index (κ2) is 7.05. The molecule has 2 N–H and O–H groups in total. The van der Waals surface area contributed by atoms with E-state index in [1.807, 2.05) is 54.6 Å². The van der Waals surface area contributed by atoms with Gasteiger partial charge >= 0.3 is 5.97 Å². The van der Waals surface area contributed by atoms with Crippen molar-refractivity contribution in [3.8, 4) is 5.75 Å². The number of carboxylic acids is 1. The Labute approximate surface area is 192 Å². The molecule has 3 aromatic rings. The van der Waals surface area contributed by atoms with Crippen molar-refractivity contribution in [2.24, 2.45) is 11.8 Å². The van der Waals surface area contributed by atoms with Gasteiger partial charge in [0.2, 0.25) is 0 Å². The Morgan fingerprint density at radius 3 is 2.45 bits per heavy atom. The van der Waals surface area contributed by atoms with E-state index in [-0.39, 0.29) is 5.02 Å².